The lowest BCUT2D eigenvalue weighted by atomic mass is 9.84. The Morgan fingerprint density at radius 2 is 1.88 bits per heavy atom. The molecule has 0 spiro atoms. The molecule has 5 heteroatoms. The van der Waals surface area contributed by atoms with Crippen LogP contribution in [0.1, 0.15) is 48.0 Å². The van der Waals surface area contributed by atoms with Crippen molar-refractivity contribution in [2.75, 3.05) is 19.7 Å². The average molecular weight is 331 g/mol. The molecule has 1 aromatic carbocycles. The minimum atomic E-state index is -0.636. The molecule has 0 radical (unpaired) electrons. The van der Waals surface area contributed by atoms with Crippen molar-refractivity contribution in [3.63, 3.8) is 0 Å². The van der Waals surface area contributed by atoms with Crippen LogP contribution < -0.4 is 10.2 Å². The molecule has 0 saturated carbocycles. The summed E-state index contributed by atoms with van der Waals surface area (Å²) < 4.78 is 5.36. The Hall–Kier alpha value is -1.88. The second-order valence-corrected chi connectivity index (χ2v) is 7.08. The highest BCUT2D eigenvalue weighted by Crippen LogP contribution is 2.20. The number of imide groups is 1. The third kappa shape index (κ3) is 4.15. The number of carbonyl (C=O) groups excluding carboxylic acids is 2. The quantitative estimate of drug-likeness (QED) is 0.886. The van der Waals surface area contributed by atoms with Crippen LogP contribution in [0.4, 0.5) is 4.79 Å². The highest BCUT2D eigenvalue weighted by molar-refractivity contribution is 6.02. The molecule has 2 amide bonds. The summed E-state index contributed by atoms with van der Waals surface area (Å²) in [7, 11) is 0. The first-order valence-corrected chi connectivity index (χ1v) is 9.03. The van der Waals surface area contributed by atoms with E-state index in [1.807, 2.05) is 19.1 Å². The van der Waals surface area contributed by atoms with E-state index in [9.17, 15) is 9.59 Å². The Kier molecular flexibility index (Phi) is 5.51. The molecule has 5 nitrogen and oxygen atoms in total. The second kappa shape index (κ2) is 7.79. The molecular weight excluding hydrogens is 304 g/mol. The van der Waals surface area contributed by atoms with Crippen LogP contribution in [0, 0.1) is 12.8 Å². The van der Waals surface area contributed by atoms with Crippen LogP contribution in [0.3, 0.4) is 0 Å². The average Bonchev–Trinajstić information content (AvgIpc) is 2.60. The van der Waals surface area contributed by atoms with E-state index in [2.05, 4.69) is 5.32 Å². The number of alkyl carbamates (subject to hydrolysis) is 1. The van der Waals surface area contributed by atoms with Crippen molar-refractivity contribution in [3.05, 3.63) is 35.4 Å². The maximum absolute atomic E-state index is 12.0. The van der Waals surface area contributed by atoms with Crippen molar-refractivity contribution in [1.29, 1.82) is 0 Å². The van der Waals surface area contributed by atoms with Gasteiger partial charge in [-0.3, -0.25) is 10.1 Å². The molecule has 0 aliphatic carbocycles. The Labute approximate surface area is 143 Å². The fraction of sp³-hybridized carbons (Fsp3) is 0.579. The number of amides is 2. The fourth-order valence-electron chi connectivity index (χ4n) is 4.07. The Morgan fingerprint density at radius 3 is 2.67 bits per heavy atom. The maximum Gasteiger partial charge on any atom is 0.414 e. The Balaban J connectivity index is 1.48. The molecule has 2 N–H and O–H groups in total. The number of aryl methyl sites for hydroxylation is 1. The van der Waals surface area contributed by atoms with Gasteiger partial charge in [-0.2, -0.15) is 0 Å². The molecular formula is C19H27N2O3+. The number of nitrogens with one attached hydrogen (secondary N) is 2. The number of benzene rings is 1. The van der Waals surface area contributed by atoms with E-state index < -0.39 is 12.0 Å². The Bertz CT molecular complexity index is 583. The summed E-state index contributed by atoms with van der Waals surface area (Å²) >= 11 is 0. The van der Waals surface area contributed by atoms with Gasteiger partial charge in [0.1, 0.15) is 6.61 Å². The van der Waals surface area contributed by atoms with E-state index >= 15 is 0 Å². The lowest BCUT2D eigenvalue weighted by Crippen LogP contribution is -3.18. The van der Waals surface area contributed by atoms with Gasteiger partial charge in [-0.15, -0.1) is 0 Å². The van der Waals surface area contributed by atoms with Gasteiger partial charge >= 0.3 is 6.09 Å². The van der Waals surface area contributed by atoms with E-state index in [0.717, 1.165) is 12.0 Å². The predicted octanol–water partition coefficient (Wildman–Crippen LogP) is 1.71. The van der Waals surface area contributed by atoms with Gasteiger partial charge in [0.15, 0.2) is 0 Å². The van der Waals surface area contributed by atoms with Crippen LogP contribution in [0.25, 0.3) is 0 Å². The first-order valence-electron chi connectivity index (χ1n) is 9.03. The lowest BCUT2D eigenvalue weighted by molar-refractivity contribution is -0.940. The number of carbonyl (C=O) groups is 2. The van der Waals surface area contributed by atoms with Crippen LogP contribution >= 0.6 is 0 Å². The third-order valence-electron chi connectivity index (χ3n) is 5.39. The van der Waals surface area contributed by atoms with Gasteiger partial charge in [0, 0.05) is 11.5 Å². The van der Waals surface area contributed by atoms with Gasteiger partial charge in [0.25, 0.3) is 5.91 Å². The van der Waals surface area contributed by atoms with Crippen LogP contribution in [0.5, 0.6) is 0 Å². The third-order valence-corrected chi connectivity index (χ3v) is 5.39. The summed E-state index contributed by atoms with van der Waals surface area (Å²) in [6, 6.07) is 7.74. The van der Waals surface area contributed by atoms with Gasteiger partial charge in [0.05, 0.1) is 19.1 Å². The van der Waals surface area contributed by atoms with Crippen molar-refractivity contribution in [1.82, 2.24) is 5.32 Å². The highest BCUT2D eigenvalue weighted by atomic mass is 16.5. The van der Waals surface area contributed by atoms with Gasteiger partial charge in [-0.1, -0.05) is 17.7 Å². The van der Waals surface area contributed by atoms with Crippen LogP contribution in [0.15, 0.2) is 24.3 Å². The van der Waals surface area contributed by atoms with E-state index in [1.54, 1.807) is 17.0 Å². The van der Waals surface area contributed by atoms with Crippen molar-refractivity contribution < 1.29 is 19.2 Å². The van der Waals surface area contributed by atoms with Gasteiger partial charge < -0.3 is 9.64 Å². The number of quaternary nitrogens is 1. The van der Waals surface area contributed by atoms with Gasteiger partial charge in [-0.05, 0) is 51.2 Å². The minimum absolute atomic E-state index is 0.409. The molecule has 130 valence electrons. The lowest BCUT2D eigenvalue weighted by Gasteiger charge is -2.40. The van der Waals surface area contributed by atoms with Crippen molar-refractivity contribution in [2.45, 2.75) is 45.1 Å². The predicted molar refractivity (Wildman–Crippen MR) is 91.1 cm³/mol. The molecule has 3 unspecified atom stereocenters. The molecule has 2 aliphatic heterocycles. The minimum Gasteiger partial charge on any atom is -0.449 e. The summed E-state index contributed by atoms with van der Waals surface area (Å²) in [5.41, 5.74) is 1.55. The standard InChI is InChI=1S/C19H26N2O3/c1-14-7-9-15(10-8-14)18(22)20-19(23)24-13-16-5-4-12-21-11-3-2-6-17(16)21/h7-10,16-17H,2-6,11-13H2,1H3,(H,20,22,23)/p+1. The fourth-order valence-corrected chi connectivity index (χ4v) is 4.07. The number of ether oxygens (including phenoxy) is 1. The topological polar surface area (TPSA) is 59.8 Å². The zero-order valence-corrected chi connectivity index (χ0v) is 14.3. The smallest absolute Gasteiger partial charge is 0.414 e. The van der Waals surface area contributed by atoms with E-state index in [4.69, 9.17) is 4.74 Å². The number of hydrogen-bond donors (Lipinski definition) is 2. The first kappa shape index (κ1) is 17.0. The van der Waals surface area contributed by atoms with Crippen molar-refractivity contribution in [3.8, 4) is 0 Å². The molecule has 2 heterocycles. The number of piperidine rings is 2. The summed E-state index contributed by atoms with van der Waals surface area (Å²) in [6.45, 7) is 4.87. The van der Waals surface area contributed by atoms with Gasteiger partial charge in [-0.25, -0.2) is 4.79 Å². The maximum atomic E-state index is 12.0. The SMILES string of the molecule is Cc1ccc(C(=O)NC(=O)OCC2CCC[NH+]3CCCCC23)cc1. The molecule has 3 rings (SSSR count). The largest absolute Gasteiger partial charge is 0.449 e. The van der Waals surface area contributed by atoms with E-state index in [1.165, 1.54) is 38.8 Å². The number of hydrogen-bond acceptors (Lipinski definition) is 3. The summed E-state index contributed by atoms with van der Waals surface area (Å²) in [6.07, 6.45) is 5.50. The summed E-state index contributed by atoms with van der Waals surface area (Å²) in [4.78, 5) is 25.6. The Morgan fingerprint density at radius 1 is 1.12 bits per heavy atom. The van der Waals surface area contributed by atoms with Crippen LogP contribution in [-0.4, -0.2) is 37.7 Å². The molecule has 24 heavy (non-hydrogen) atoms. The second-order valence-electron chi connectivity index (χ2n) is 7.08. The number of fused-ring (bicyclic) bond motifs is 1. The molecule has 2 aliphatic rings. The molecule has 2 fully saturated rings. The summed E-state index contributed by atoms with van der Waals surface area (Å²) in [5.74, 6) is 0.0165. The van der Waals surface area contributed by atoms with Crippen LogP contribution in [0.2, 0.25) is 0 Å². The number of rotatable bonds is 3. The molecule has 0 aromatic heterocycles. The van der Waals surface area contributed by atoms with E-state index in [0.29, 0.717) is 24.1 Å². The molecule has 2 saturated heterocycles. The van der Waals surface area contributed by atoms with Crippen LogP contribution in [-0.2, 0) is 4.74 Å². The zero-order valence-electron chi connectivity index (χ0n) is 14.3. The van der Waals surface area contributed by atoms with Crippen molar-refractivity contribution in [2.24, 2.45) is 5.92 Å². The van der Waals surface area contributed by atoms with Gasteiger partial charge in [0.2, 0.25) is 0 Å². The van der Waals surface area contributed by atoms with Crippen molar-refractivity contribution >= 4 is 12.0 Å². The zero-order chi connectivity index (χ0) is 16.9. The molecule has 3 atom stereocenters. The highest BCUT2D eigenvalue weighted by Gasteiger charge is 2.37. The monoisotopic (exact) mass is 331 g/mol. The first-order chi connectivity index (χ1) is 11.6. The molecule has 0 bridgehead atoms. The van der Waals surface area contributed by atoms with E-state index in [-0.39, 0.29) is 0 Å². The summed E-state index contributed by atoms with van der Waals surface area (Å²) in [5, 5.41) is 2.32. The normalized spacial score (nSPS) is 26.3. The molecule has 1 aromatic rings.